The van der Waals surface area contributed by atoms with Gasteiger partial charge >= 0.3 is 0 Å². The van der Waals surface area contributed by atoms with Crippen LogP contribution in [0.1, 0.15) is 11.4 Å². The topological polar surface area (TPSA) is 62.3 Å². The molecular weight excluding hydrogens is 314 g/mol. The fourth-order valence-corrected chi connectivity index (χ4v) is 2.73. The number of hydrogen-bond acceptors (Lipinski definition) is 4. The van der Waals surface area contributed by atoms with E-state index in [1.807, 2.05) is 36.4 Å². The number of ether oxygens (including phenoxy) is 2. The van der Waals surface area contributed by atoms with Crippen molar-refractivity contribution in [3.8, 4) is 11.5 Å². The van der Waals surface area contributed by atoms with E-state index in [-0.39, 0.29) is 0 Å². The Labute approximate surface area is 139 Å². The highest BCUT2D eigenvalue weighted by Gasteiger charge is 2.14. The molecule has 6 heteroatoms. The van der Waals surface area contributed by atoms with Crippen molar-refractivity contribution in [2.75, 3.05) is 14.2 Å². The zero-order valence-corrected chi connectivity index (χ0v) is 13.8. The van der Waals surface area contributed by atoms with Gasteiger partial charge in [0.2, 0.25) is 0 Å². The normalized spacial score (nSPS) is 11.0. The first-order valence-corrected chi connectivity index (χ1v) is 7.59. The van der Waals surface area contributed by atoms with Gasteiger partial charge in [0.1, 0.15) is 5.82 Å². The van der Waals surface area contributed by atoms with Crippen LogP contribution in [0.15, 0.2) is 36.4 Å². The highest BCUT2D eigenvalue weighted by Crippen LogP contribution is 2.32. The van der Waals surface area contributed by atoms with E-state index in [4.69, 9.17) is 26.8 Å². The van der Waals surface area contributed by atoms with Crippen molar-refractivity contribution in [2.45, 2.75) is 13.1 Å². The number of methoxy groups -OCH3 is 2. The summed E-state index contributed by atoms with van der Waals surface area (Å²) in [6.45, 7) is 1.02. The molecule has 120 valence electrons. The Hall–Kier alpha value is -2.24. The summed E-state index contributed by atoms with van der Waals surface area (Å²) in [5.41, 5.74) is 8.78. The van der Waals surface area contributed by atoms with Crippen LogP contribution in [0.2, 0.25) is 5.02 Å². The Bertz CT molecular complexity index is 828. The lowest BCUT2D eigenvalue weighted by Gasteiger charge is -2.11. The van der Waals surface area contributed by atoms with Crippen LogP contribution in [0.25, 0.3) is 11.0 Å². The Balaban J connectivity index is 2.11. The molecule has 3 rings (SSSR count). The lowest BCUT2D eigenvalue weighted by Crippen LogP contribution is -2.09. The number of hydrogen-bond donors (Lipinski definition) is 1. The predicted octanol–water partition coefficient (Wildman–Crippen LogP) is 3.21. The Morgan fingerprint density at radius 2 is 1.74 bits per heavy atom. The van der Waals surface area contributed by atoms with Crippen LogP contribution in [0.4, 0.5) is 0 Å². The Morgan fingerprint density at radius 1 is 1.09 bits per heavy atom. The predicted molar refractivity (Wildman–Crippen MR) is 91.3 cm³/mol. The largest absolute Gasteiger partial charge is 0.493 e. The zero-order chi connectivity index (χ0) is 16.4. The van der Waals surface area contributed by atoms with Crippen molar-refractivity contribution in [3.63, 3.8) is 0 Å². The zero-order valence-electron chi connectivity index (χ0n) is 13.0. The van der Waals surface area contributed by atoms with E-state index in [0.29, 0.717) is 24.6 Å². The van der Waals surface area contributed by atoms with Crippen molar-refractivity contribution < 1.29 is 9.47 Å². The summed E-state index contributed by atoms with van der Waals surface area (Å²) in [5.74, 6) is 2.13. The SMILES string of the molecule is COc1cc2nc(CN)n(Cc3ccc(Cl)cc3)c2cc1OC. The number of nitrogens with zero attached hydrogens (tertiary/aromatic N) is 2. The van der Waals surface area contributed by atoms with Gasteiger partial charge in [-0.1, -0.05) is 23.7 Å². The van der Waals surface area contributed by atoms with Crippen LogP contribution < -0.4 is 15.2 Å². The van der Waals surface area contributed by atoms with Crippen LogP contribution in [-0.4, -0.2) is 23.8 Å². The first kappa shape index (κ1) is 15.6. The summed E-state index contributed by atoms with van der Waals surface area (Å²) >= 11 is 5.95. The third kappa shape index (κ3) is 2.98. The molecule has 0 atom stereocenters. The number of nitrogens with two attached hydrogens (primary N) is 1. The quantitative estimate of drug-likeness (QED) is 0.779. The smallest absolute Gasteiger partial charge is 0.163 e. The summed E-state index contributed by atoms with van der Waals surface area (Å²) in [7, 11) is 3.23. The fraction of sp³-hybridized carbons (Fsp3) is 0.235. The van der Waals surface area contributed by atoms with Crippen LogP contribution in [-0.2, 0) is 13.1 Å². The summed E-state index contributed by atoms with van der Waals surface area (Å²) < 4.78 is 12.8. The summed E-state index contributed by atoms with van der Waals surface area (Å²) in [4.78, 5) is 4.61. The molecule has 3 aromatic rings. The van der Waals surface area contributed by atoms with Gasteiger partial charge in [0.25, 0.3) is 0 Å². The molecule has 23 heavy (non-hydrogen) atoms. The van der Waals surface area contributed by atoms with Crippen molar-refractivity contribution in [1.29, 1.82) is 0 Å². The van der Waals surface area contributed by atoms with Gasteiger partial charge in [0.05, 0.1) is 31.8 Å². The lowest BCUT2D eigenvalue weighted by atomic mass is 10.2. The van der Waals surface area contributed by atoms with E-state index < -0.39 is 0 Å². The molecule has 0 unspecified atom stereocenters. The number of rotatable bonds is 5. The minimum atomic E-state index is 0.354. The van der Waals surface area contributed by atoms with Crippen molar-refractivity contribution in [3.05, 3.63) is 52.8 Å². The number of aromatic nitrogens is 2. The molecule has 1 heterocycles. The van der Waals surface area contributed by atoms with E-state index >= 15 is 0 Å². The highest BCUT2D eigenvalue weighted by atomic mass is 35.5. The third-order valence-corrected chi connectivity index (χ3v) is 4.02. The molecule has 0 aliphatic heterocycles. The molecule has 2 N–H and O–H groups in total. The van der Waals surface area contributed by atoms with Crippen molar-refractivity contribution in [2.24, 2.45) is 5.73 Å². The molecule has 0 aliphatic rings. The minimum Gasteiger partial charge on any atom is -0.493 e. The Morgan fingerprint density at radius 3 is 2.35 bits per heavy atom. The number of benzene rings is 2. The average Bonchev–Trinajstić information content (AvgIpc) is 2.92. The maximum atomic E-state index is 5.95. The molecule has 0 saturated carbocycles. The summed E-state index contributed by atoms with van der Waals surface area (Å²) in [5, 5.41) is 0.717. The lowest BCUT2D eigenvalue weighted by molar-refractivity contribution is 0.355. The summed E-state index contributed by atoms with van der Waals surface area (Å²) in [6.07, 6.45) is 0. The average molecular weight is 332 g/mol. The molecule has 2 aromatic carbocycles. The molecular formula is C17H18ClN3O2. The van der Waals surface area contributed by atoms with Gasteiger partial charge in [-0.15, -0.1) is 0 Å². The van der Waals surface area contributed by atoms with E-state index in [2.05, 4.69) is 9.55 Å². The van der Waals surface area contributed by atoms with Gasteiger partial charge in [-0.05, 0) is 17.7 Å². The van der Waals surface area contributed by atoms with E-state index in [1.54, 1.807) is 14.2 Å². The first-order chi connectivity index (χ1) is 11.2. The summed E-state index contributed by atoms with van der Waals surface area (Å²) in [6, 6.07) is 11.5. The highest BCUT2D eigenvalue weighted by molar-refractivity contribution is 6.30. The van der Waals surface area contributed by atoms with Gasteiger partial charge in [0, 0.05) is 23.7 Å². The third-order valence-electron chi connectivity index (χ3n) is 3.77. The number of fused-ring (bicyclic) bond motifs is 1. The fourth-order valence-electron chi connectivity index (χ4n) is 2.61. The molecule has 0 bridgehead atoms. The molecule has 5 nitrogen and oxygen atoms in total. The second-order valence-corrected chi connectivity index (χ2v) is 5.58. The van der Waals surface area contributed by atoms with Crippen molar-refractivity contribution in [1.82, 2.24) is 9.55 Å². The van der Waals surface area contributed by atoms with Crippen LogP contribution >= 0.6 is 11.6 Å². The molecule has 1 aromatic heterocycles. The Kier molecular flexibility index (Phi) is 4.41. The molecule has 0 spiro atoms. The molecule has 0 aliphatic carbocycles. The standard InChI is InChI=1S/C17H18ClN3O2/c1-22-15-7-13-14(8-16(15)23-2)21(17(9-19)20-13)10-11-3-5-12(18)6-4-11/h3-8H,9-10,19H2,1-2H3. The molecule has 0 radical (unpaired) electrons. The second-order valence-electron chi connectivity index (χ2n) is 5.14. The van der Waals surface area contributed by atoms with Gasteiger partial charge in [-0.25, -0.2) is 4.98 Å². The molecule has 0 fully saturated rings. The number of imidazole rings is 1. The van der Waals surface area contributed by atoms with E-state index in [1.165, 1.54) is 0 Å². The molecule has 0 amide bonds. The van der Waals surface area contributed by atoms with Gasteiger partial charge in [-0.2, -0.15) is 0 Å². The number of halogens is 1. The maximum absolute atomic E-state index is 5.95. The second kappa shape index (κ2) is 6.48. The van der Waals surface area contributed by atoms with Crippen molar-refractivity contribution >= 4 is 22.6 Å². The van der Waals surface area contributed by atoms with E-state index in [0.717, 1.165) is 27.4 Å². The minimum absolute atomic E-state index is 0.354. The van der Waals surface area contributed by atoms with Crippen LogP contribution in [0.3, 0.4) is 0 Å². The van der Waals surface area contributed by atoms with Crippen LogP contribution in [0.5, 0.6) is 11.5 Å². The van der Waals surface area contributed by atoms with Gasteiger partial charge in [0.15, 0.2) is 11.5 Å². The maximum Gasteiger partial charge on any atom is 0.163 e. The van der Waals surface area contributed by atoms with Gasteiger partial charge < -0.3 is 19.8 Å². The van der Waals surface area contributed by atoms with E-state index in [9.17, 15) is 0 Å². The van der Waals surface area contributed by atoms with Gasteiger partial charge in [-0.3, -0.25) is 0 Å². The first-order valence-electron chi connectivity index (χ1n) is 7.22. The van der Waals surface area contributed by atoms with Crippen LogP contribution in [0, 0.1) is 0 Å². The monoisotopic (exact) mass is 331 g/mol. The molecule has 0 saturated heterocycles.